The standard InChI is InChI=1S/C33H27F2N5O4S/c1-18-30(19(2)44-38-18)22-10-13-28-26(15-22)36-31(29-5-4-14-43-40(29)23-11-12-24(34)25(35)16-23)39(28)33-37-27(17-45-33)20-6-8-21(9-7-20)32(41)42-3/h6-13,15-17,29H,4-5,14H2,1-3H3. The van der Waals surface area contributed by atoms with Gasteiger partial charge < -0.3 is 9.26 Å². The number of hydroxylamine groups is 1. The molecule has 1 fully saturated rings. The molecule has 0 saturated carbocycles. The number of aromatic nitrogens is 4. The number of halogens is 2. The first-order valence-corrected chi connectivity index (χ1v) is 15.2. The molecule has 6 aromatic rings. The highest BCUT2D eigenvalue weighted by Crippen LogP contribution is 2.39. The number of rotatable bonds is 6. The molecule has 1 unspecified atom stereocenters. The average Bonchev–Trinajstić information content (AvgIpc) is 3.78. The van der Waals surface area contributed by atoms with Crippen molar-refractivity contribution in [3.63, 3.8) is 0 Å². The highest BCUT2D eigenvalue weighted by atomic mass is 32.1. The Hall–Kier alpha value is -4.94. The van der Waals surface area contributed by atoms with Crippen LogP contribution in [0.25, 0.3) is 38.5 Å². The lowest BCUT2D eigenvalue weighted by Gasteiger charge is -2.35. The molecule has 9 nitrogen and oxygen atoms in total. The second-order valence-corrected chi connectivity index (χ2v) is 11.5. The van der Waals surface area contributed by atoms with Crippen molar-refractivity contribution in [2.45, 2.75) is 32.7 Å². The maximum absolute atomic E-state index is 14.3. The Balaban J connectivity index is 1.37. The third kappa shape index (κ3) is 5.15. The van der Waals surface area contributed by atoms with Gasteiger partial charge in [-0.1, -0.05) is 23.4 Å². The minimum atomic E-state index is -0.958. The quantitative estimate of drug-likeness (QED) is 0.173. The minimum absolute atomic E-state index is 0.388. The molecule has 0 aliphatic carbocycles. The topological polar surface area (TPSA) is 95.5 Å². The Morgan fingerprint density at radius 1 is 1.00 bits per heavy atom. The van der Waals surface area contributed by atoms with E-state index in [1.54, 1.807) is 17.2 Å². The summed E-state index contributed by atoms with van der Waals surface area (Å²) in [4.78, 5) is 28.1. The lowest BCUT2D eigenvalue weighted by Crippen LogP contribution is -2.35. The van der Waals surface area contributed by atoms with Crippen molar-refractivity contribution in [3.8, 4) is 27.5 Å². The number of carbonyl (C=O) groups is 1. The molecule has 1 atom stereocenters. The van der Waals surface area contributed by atoms with Gasteiger partial charge >= 0.3 is 5.97 Å². The monoisotopic (exact) mass is 627 g/mol. The lowest BCUT2D eigenvalue weighted by molar-refractivity contribution is 0.0454. The number of esters is 1. The Bertz CT molecular complexity index is 2030. The lowest BCUT2D eigenvalue weighted by atomic mass is 10.0. The first-order chi connectivity index (χ1) is 21.8. The summed E-state index contributed by atoms with van der Waals surface area (Å²) in [6.07, 6.45) is 1.40. The van der Waals surface area contributed by atoms with Crippen LogP contribution < -0.4 is 5.06 Å². The predicted octanol–water partition coefficient (Wildman–Crippen LogP) is 7.76. The summed E-state index contributed by atoms with van der Waals surface area (Å²) in [7, 11) is 1.35. The van der Waals surface area contributed by atoms with E-state index in [9.17, 15) is 13.6 Å². The van der Waals surface area contributed by atoms with Crippen molar-refractivity contribution in [2.24, 2.45) is 0 Å². The number of hydrogen-bond acceptors (Lipinski definition) is 9. The van der Waals surface area contributed by atoms with E-state index in [1.807, 2.05) is 54.1 Å². The van der Waals surface area contributed by atoms with Crippen LogP contribution in [0.2, 0.25) is 0 Å². The zero-order valence-corrected chi connectivity index (χ0v) is 25.4. The second-order valence-electron chi connectivity index (χ2n) is 10.7. The number of benzene rings is 3. The molecule has 4 heterocycles. The molecule has 0 spiro atoms. The summed E-state index contributed by atoms with van der Waals surface area (Å²) in [5.41, 5.74) is 6.53. The summed E-state index contributed by atoms with van der Waals surface area (Å²) < 4.78 is 40.4. The van der Waals surface area contributed by atoms with E-state index in [0.29, 0.717) is 41.0 Å². The molecule has 7 rings (SSSR count). The summed E-state index contributed by atoms with van der Waals surface area (Å²) in [6.45, 7) is 4.19. The molecule has 0 bridgehead atoms. The molecule has 1 aliphatic rings. The van der Waals surface area contributed by atoms with Crippen LogP contribution in [0.3, 0.4) is 0 Å². The van der Waals surface area contributed by atoms with Gasteiger partial charge in [0.05, 0.1) is 47.4 Å². The van der Waals surface area contributed by atoms with Crippen LogP contribution >= 0.6 is 11.3 Å². The van der Waals surface area contributed by atoms with Crippen LogP contribution in [-0.2, 0) is 9.57 Å². The highest BCUT2D eigenvalue weighted by molar-refractivity contribution is 7.12. The molecule has 45 heavy (non-hydrogen) atoms. The van der Waals surface area contributed by atoms with Gasteiger partial charge in [0.1, 0.15) is 17.6 Å². The molecule has 3 aromatic heterocycles. The first-order valence-electron chi connectivity index (χ1n) is 14.3. The van der Waals surface area contributed by atoms with Gasteiger partial charge in [-0.15, -0.1) is 11.3 Å². The van der Waals surface area contributed by atoms with Gasteiger partial charge in [-0.05, 0) is 68.7 Å². The Kier molecular flexibility index (Phi) is 7.38. The first kappa shape index (κ1) is 28.8. The van der Waals surface area contributed by atoms with Crippen molar-refractivity contribution in [1.82, 2.24) is 19.7 Å². The van der Waals surface area contributed by atoms with E-state index in [2.05, 4.69) is 5.16 Å². The van der Waals surface area contributed by atoms with Crippen LogP contribution in [0.5, 0.6) is 0 Å². The fraction of sp³-hybridized carbons (Fsp3) is 0.212. The molecule has 0 radical (unpaired) electrons. The molecule has 0 N–H and O–H groups in total. The highest BCUT2D eigenvalue weighted by Gasteiger charge is 2.32. The number of ether oxygens (including phenoxy) is 1. The molecule has 12 heteroatoms. The molecule has 228 valence electrons. The number of thiazole rings is 1. The van der Waals surface area contributed by atoms with Gasteiger partial charge in [0.25, 0.3) is 0 Å². The summed E-state index contributed by atoms with van der Waals surface area (Å²) in [6, 6.07) is 16.3. The molecule has 0 amide bonds. The Labute approximate surface area is 260 Å². The third-order valence-corrected chi connectivity index (χ3v) is 8.70. The van der Waals surface area contributed by atoms with E-state index in [1.165, 1.54) is 24.5 Å². The predicted molar refractivity (Wildman–Crippen MR) is 165 cm³/mol. The van der Waals surface area contributed by atoms with Crippen molar-refractivity contribution in [2.75, 3.05) is 18.8 Å². The number of aryl methyl sites for hydroxylation is 2. The number of carbonyl (C=O) groups excluding carboxylic acids is 1. The van der Waals surface area contributed by atoms with Gasteiger partial charge in [0.2, 0.25) is 0 Å². The van der Waals surface area contributed by atoms with Gasteiger partial charge in [-0.25, -0.2) is 28.6 Å². The van der Waals surface area contributed by atoms with E-state index in [4.69, 9.17) is 24.1 Å². The third-order valence-electron chi connectivity index (χ3n) is 7.88. The van der Waals surface area contributed by atoms with Crippen molar-refractivity contribution < 1.29 is 27.7 Å². The van der Waals surface area contributed by atoms with E-state index < -0.39 is 23.6 Å². The van der Waals surface area contributed by atoms with E-state index in [-0.39, 0.29) is 0 Å². The van der Waals surface area contributed by atoms with Gasteiger partial charge in [-0.3, -0.25) is 9.40 Å². The average molecular weight is 628 g/mol. The maximum atomic E-state index is 14.3. The van der Waals surface area contributed by atoms with E-state index >= 15 is 0 Å². The fourth-order valence-corrected chi connectivity index (χ4v) is 6.58. The minimum Gasteiger partial charge on any atom is -0.465 e. The Morgan fingerprint density at radius 2 is 1.80 bits per heavy atom. The van der Waals surface area contributed by atoms with Crippen molar-refractivity contribution in [1.29, 1.82) is 0 Å². The van der Waals surface area contributed by atoms with Crippen molar-refractivity contribution in [3.05, 3.63) is 101 Å². The second kappa shape index (κ2) is 11.5. The fourth-order valence-electron chi connectivity index (χ4n) is 5.73. The van der Waals surface area contributed by atoms with Gasteiger partial charge in [0.15, 0.2) is 16.8 Å². The smallest absolute Gasteiger partial charge is 0.337 e. The number of methoxy groups -OCH3 is 1. The van der Waals surface area contributed by atoms with Crippen LogP contribution in [0.4, 0.5) is 14.5 Å². The number of fused-ring (bicyclic) bond motifs is 1. The molecule has 1 saturated heterocycles. The number of hydrogen-bond donors (Lipinski definition) is 0. The molecular formula is C33H27F2N5O4S. The van der Waals surface area contributed by atoms with Crippen molar-refractivity contribution >= 4 is 34.0 Å². The normalized spacial score (nSPS) is 15.1. The SMILES string of the molecule is COC(=O)c1ccc(-c2csc(-n3c(C4CCCON4c4ccc(F)c(F)c4)nc4cc(-c5c(C)noc5C)ccc43)n2)cc1. The summed E-state index contributed by atoms with van der Waals surface area (Å²) in [5, 5.41) is 8.33. The number of nitrogens with zero attached hydrogens (tertiary/aromatic N) is 5. The zero-order chi connectivity index (χ0) is 31.2. The van der Waals surface area contributed by atoms with Gasteiger partial charge in [-0.2, -0.15) is 0 Å². The molecule has 1 aliphatic heterocycles. The summed E-state index contributed by atoms with van der Waals surface area (Å²) >= 11 is 1.44. The maximum Gasteiger partial charge on any atom is 0.337 e. The van der Waals surface area contributed by atoms with Crippen LogP contribution in [0.1, 0.15) is 46.5 Å². The van der Waals surface area contributed by atoms with Gasteiger partial charge in [0, 0.05) is 22.6 Å². The van der Waals surface area contributed by atoms with E-state index in [0.717, 1.165) is 57.7 Å². The van der Waals surface area contributed by atoms with Crippen LogP contribution in [0, 0.1) is 25.5 Å². The summed E-state index contributed by atoms with van der Waals surface area (Å²) in [5.74, 6) is -0.944. The zero-order valence-electron chi connectivity index (χ0n) is 24.6. The number of imidazole rings is 1. The Morgan fingerprint density at radius 3 is 2.53 bits per heavy atom. The van der Waals surface area contributed by atoms with Crippen LogP contribution in [-0.4, -0.2) is 39.4 Å². The molecule has 3 aromatic carbocycles. The van der Waals surface area contributed by atoms with Crippen LogP contribution in [0.15, 0.2) is 70.6 Å². The number of anilines is 1. The molecular weight excluding hydrogens is 600 g/mol. The largest absolute Gasteiger partial charge is 0.465 e.